The summed E-state index contributed by atoms with van der Waals surface area (Å²) in [5, 5.41) is 1.02. The Bertz CT molecular complexity index is 981. The van der Waals surface area contributed by atoms with E-state index in [-0.39, 0.29) is 21.5 Å². The van der Waals surface area contributed by atoms with Crippen LogP contribution in [-0.4, -0.2) is 11.0 Å². The summed E-state index contributed by atoms with van der Waals surface area (Å²) < 4.78 is 10.3. The molecule has 0 aliphatic heterocycles. The van der Waals surface area contributed by atoms with Gasteiger partial charge < -0.3 is 9.15 Å². The lowest BCUT2D eigenvalue weighted by Gasteiger charge is -2.06. The van der Waals surface area contributed by atoms with E-state index in [9.17, 15) is 9.59 Å². The lowest BCUT2D eigenvalue weighted by atomic mass is 10.1. The van der Waals surface area contributed by atoms with Crippen LogP contribution in [0.3, 0.4) is 0 Å². The molecular weight excluding hydrogens is 341 g/mol. The molecule has 2 aromatic heterocycles. The summed E-state index contributed by atoms with van der Waals surface area (Å²) >= 11 is 11.5. The van der Waals surface area contributed by atoms with Gasteiger partial charge in [-0.25, -0.2) is 14.6 Å². The van der Waals surface area contributed by atoms with Gasteiger partial charge in [0.1, 0.15) is 16.5 Å². The van der Waals surface area contributed by atoms with Crippen molar-refractivity contribution in [3.63, 3.8) is 0 Å². The summed E-state index contributed by atoms with van der Waals surface area (Å²) in [6.45, 7) is 1.80. The molecule has 0 unspecified atom stereocenters. The van der Waals surface area contributed by atoms with Gasteiger partial charge in [-0.05, 0) is 30.7 Å². The number of hydrogen-bond acceptors (Lipinski definition) is 5. The van der Waals surface area contributed by atoms with E-state index in [1.807, 2.05) is 0 Å². The monoisotopic (exact) mass is 349 g/mol. The number of carbonyl (C=O) groups excluding carboxylic acids is 1. The highest BCUT2D eigenvalue weighted by Crippen LogP contribution is 2.24. The van der Waals surface area contributed by atoms with Crippen LogP contribution >= 0.6 is 23.2 Å². The number of ether oxygens (including phenoxy) is 1. The van der Waals surface area contributed by atoms with Crippen molar-refractivity contribution in [1.82, 2.24) is 4.98 Å². The highest BCUT2D eigenvalue weighted by molar-refractivity contribution is 6.41. The lowest BCUT2D eigenvalue weighted by molar-refractivity contribution is 0.0734. The second kappa shape index (κ2) is 6.02. The highest BCUT2D eigenvalue weighted by Gasteiger charge is 2.13. The number of nitrogens with zero attached hydrogens (tertiary/aromatic N) is 1. The molecule has 0 aliphatic carbocycles. The Balaban J connectivity index is 1.93. The summed E-state index contributed by atoms with van der Waals surface area (Å²) in [7, 11) is 0. The van der Waals surface area contributed by atoms with E-state index in [4.69, 9.17) is 32.4 Å². The number of hydrogen-bond donors (Lipinski definition) is 0. The van der Waals surface area contributed by atoms with E-state index in [0.29, 0.717) is 5.58 Å². The number of aromatic nitrogens is 1. The Morgan fingerprint density at radius 2 is 2.00 bits per heavy atom. The van der Waals surface area contributed by atoms with E-state index in [1.165, 1.54) is 24.4 Å². The van der Waals surface area contributed by atoms with Gasteiger partial charge in [-0.2, -0.15) is 0 Å². The maximum Gasteiger partial charge on any atom is 0.345 e. The van der Waals surface area contributed by atoms with Gasteiger partial charge in [-0.15, -0.1) is 0 Å². The molecule has 0 saturated heterocycles. The van der Waals surface area contributed by atoms with Gasteiger partial charge in [0.2, 0.25) is 0 Å². The molecule has 3 rings (SSSR count). The Hall–Kier alpha value is -2.37. The molecule has 0 fully saturated rings. The predicted molar refractivity (Wildman–Crippen MR) is 86.4 cm³/mol. The molecule has 0 N–H and O–H groups in total. The zero-order valence-electron chi connectivity index (χ0n) is 11.8. The molecule has 0 radical (unpaired) electrons. The zero-order valence-corrected chi connectivity index (χ0v) is 13.3. The van der Waals surface area contributed by atoms with Gasteiger partial charge >= 0.3 is 11.6 Å². The van der Waals surface area contributed by atoms with E-state index in [0.717, 1.165) is 10.9 Å². The number of fused-ring (bicyclic) bond motifs is 1. The quantitative estimate of drug-likeness (QED) is 0.302. The first kappa shape index (κ1) is 15.5. The van der Waals surface area contributed by atoms with E-state index < -0.39 is 11.6 Å². The van der Waals surface area contributed by atoms with Crippen molar-refractivity contribution < 1.29 is 13.9 Å². The average Bonchev–Trinajstić information content (AvgIpc) is 2.49. The molecule has 116 valence electrons. The van der Waals surface area contributed by atoms with Crippen LogP contribution in [0.15, 0.2) is 45.7 Å². The van der Waals surface area contributed by atoms with Crippen molar-refractivity contribution in [3.8, 4) is 5.75 Å². The zero-order chi connectivity index (χ0) is 16.6. The molecule has 0 atom stereocenters. The Morgan fingerprint density at radius 3 is 2.74 bits per heavy atom. The number of esters is 1. The van der Waals surface area contributed by atoms with E-state index >= 15 is 0 Å². The number of benzene rings is 1. The summed E-state index contributed by atoms with van der Waals surface area (Å²) in [5.41, 5.74) is 0.813. The number of rotatable bonds is 2. The fourth-order valence-electron chi connectivity index (χ4n) is 2.07. The summed E-state index contributed by atoms with van der Waals surface area (Å²) in [6, 6.07) is 7.56. The maximum absolute atomic E-state index is 12.1. The first-order valence-electron chi connectivity index (χ1n) is 6.52. The first-order valence-corrected chi connectivity index (χ1v) is 7.27. The van der Waals surface area contributed by atoms with Crippen molar-refractivity contribution in [2.75, 3.05) is 0 Å². The number of aryl methyl sites for hydroxylation is 1. The van der Waals surface area contributed by atoms with Crippen molar-refractivity contribution >= 4 is 40.1 Å². The molecule has 1 aromatic carbocycles. The van der Waals surface area contributed by atoms with Gasteiger partial charge in [0.05, 0.1) is 10.6 Å². The van der Waals surface area contributed by atoms with E-state index in [2.05, 4.69) is 4.98 Å². The molecule has 23 heavy (non-hydrogen) atoms. The topological polar surface area (TPSA) is 69.4 Å². The van der Waals surface area contributed by atoms with Crippen molar-refractivity contribution in [2.45, 2.75) is 6.92 Å². The summed E-state index contributed by atoms with van der Waals surface area (Å²) in [5.74, 6) is -0.410. The minimum atomic E-state index is -0.648. The normalized spacial score (nSPS) is 10.7. The average molecular weight is 350 g/mol. The van der Waals surface area contributed by atoms with Crippen molar-refractivity contribution in [1.29, 1.82) is 0 Å². The fourth-order valence-corrected chi connectivity index (χ4v) is 2.34. The molecule has 7 heteroatoms. The third kappa shape index (κ3) is 3.21. The lowest BCUT2D eigenvalue weighted by Crippen LogP contribution is -2.09. The molecule has 0 amide bonds. The molecule has 5 nitrogen and oxygen atoms in total. The maximum atomic E-state index is 12.1. The Labute approximate surface area is 140 Å². The molecule has 0 aliphatic rings. The molecule has 3 aromatic rings. The standard InChI is InChI=1S/C16H9Cl2NO4/c1-8-4-14(20)23-13-6-10(2-3-11(8)13)22-16(21)9-5-12(17)15(18)19-7-9/h2-7H,1H3. The number of halogens is 2. The van der Waals surface area contributed by atoms with Crippen LogP contribution in [-0.2, 0) is 0 Å². The minimum Gasteiger partial charge on any atom is -0.423 e. The third-order valence-corrected chi connectivity index (χ3v) is 3.85. The minimum absolute atomic E-state index is 0.103. The van der Waals surface area contributed by atoms with Gasteiger partial charge in [0, 0.05) is 23.7 Å². The fraction of sp³-hybridized carbons (Fsp3) is 0.0625. The molecule has 0 saturated carbocycles. The Kier molecular flexibility index (Phi) is 4.07. The first-order chi connectivity index (χ1) is 10.9. The molecule has 0 spiro atoms. The largest absolute Gasteiger partial charge is 0.423 e. The third-order valence-electron chi connectivity index (χ3n) is 3.17. The second-order valence-electron chi connectivity index (χ2n) is 4.79. The van der Waals surface area contributed by atoms with Crippen LogP contribution in [0.1, 0.15) is 15.9 Å². The van der Waals surface area contributed by atoms with Crippen LogP contribution < -0.4 is 10.4 Å². The number of pyridine rings is 1. The van der Waals surface area contributed by atoms with Crippen LogP contribution in [0.25, 0.3) is 11.0 Å². The predicted octanol–water partition coefficient (Wildman–Crippen LogP) is 4.02. The molecular formula is C16H9Cl2NO4. The SMILES string of the molecule is Cc1cc(=O)oc2cc(OC(=O)c3cnc(Cl)c(Cl)c3)ccc12. The molecule has 2 heterocycles. The van der Waals surface area contributed by atoms with Gasteiger partial charge in [-0.3, -0.25) is 0 Å². The van der Waals surface area contributed by atoms with Crippen LogP contribution in [0.4, 0.5) is 0 Å². The smallest absolute Gasteiger partial charge is 0.345 e. The van der Waals surface area contributed by atoms with Gasteiger partial charge in [0.25, 0.3) is 0 Å². The van der Waals surface area contributed by atoms with Crippen LogP contribution in [0, 0.1) is 6.92 Å². The van der Waals surface area contributed by atoms with E-state index in [1.54, 1.807) is 19.1 Å². The summed E-state index contributed by atoms with van der Waals surface area (Å²) in [4.78, 5) is 27.3. The van der Waals surface area contributed by atoms with Crippen LogP contribution in [0.5, 0.6) is 5.75 Å². The number of carbonyl (C=O) groups is 1. The van der Waals surface area contributed by atoms with Gasteiger partial charge in [-0.1, -0.05) is 23.2 Å². The van der Waals surface area contributed by atoms with Crippen molar-refractivity contribution in [3.05, 3.63) is 68.3 Å². The Morgan fingerprint density at radius 1 is 1.22 bits per heavy atom. The highest BCUT2D eigenvalue weighted by atomic mass is 35.5. The van der Waals surface area contributed by atoms with Crippen molar-refractivity contribution in [2.24, 2.45) is 0 Å². The summed E-state index contributed by atoms with van der Waals surface area (Å²) in [6.07, 6.45) is 1.27. The van der Waals surface area contributed by atoms with Gasteiger partial charge in [0.15, 0.2) is 0 Å². The van der Waals surface area contributed by atoms with Crippen LogP contribution in [0.2, 0.25) is 10.2 Å². The molecule has 0 bridgehead atoms. The second-order valence-corrected chi connectivity index (χ2v) is 5.56.